The normalized spacial score (nSPS) is 15.5. The number of fused-ring (bicyclic) bond motifs is 6. The molecular formula is C51H68IrNO2S-. The second kappa shape index (κ2) is 17.6. The second-order valence-corrected chi connectivity index (χ2v) is 20.7. The molecule has 0 atom stereocenters. The van der Waals surface area contributed by atoms with Crippen LogP contribution in [0.5, 0.6) is 0 Å². The summed E-state index contributed by atoms with van der Waals surface area (Å²) in [5.74, 6) is 0.547. The topological polar surface area (TPSA) is 50.2 Å². The van der Waals surface area contributed by atoms with E-state index < -0.39 is 0 Å². The predicted molar refractivity (Wildman–Crippen MR) is 240 cm³/mol. The molecule has 56 heavy (non-hydrogen) atoms. The van der Waals surface area contributed by atoms with Crippen LogP contribution in [-0.2, 0) is 47.6 Å². The molecule has 1 aliphatic rings. The molecule has 5 aromatic rings. The molecular weight excluding hydrogens is 883 g/mol. The van der Waals surface area contributed by atoms with Crippen molar-refractivity contribution in [1.82, 2.24) is 4.98 Å². The molecule has 0 amide bonds. The zero-order chi connectivity index (χ0) is 40.7. The molecule has 0 fully saturated rings. The van der Waals surface area contributed by atoms with Crippen LogP contribution in [0, 0.1) is 23.3 Å². The van der Waals surface area contributed by atoms with Crippen LogP contribution in [-0.4, -0.2) is 15.9 Å². The van der Waals surface area contributed by atoms with Crippen molar-refractivity contribution < 1.29 is 30.0 Å². The van der Waals surface area contributed by atoms with Gasteiger partial charge in [0.2, 0.25) is 0 Å². The number of hydrogen-bond acceptors (Lipinski definition) is 4. The van der Waals surface area contributed by atoms with Gasteiger partial charge in [0.15, 0.2) is 5.78 Å². The SMILES string of the molecule is CC(C)(C)Cc1cc2c(sc3c(-c4[c-]c5ccccc5c(C(C)(C)C)c4)nccc32)c2c1C(C)(C)CCC2(C)C.CCC(CC)C(=O)/C=C(\O)C(CC)CC.[Ir]. The van der Waals surface area contributed by atoms with Crippen LogP contribution < -0.4 is 0 Å². The summed E-state index contributed by atoms with van der Waals surface area (Å²) in [7, 11) is 0. The predicted octanol–water partition coefficient (Wildman–Crippen LogP) is 15.2. The number of nitrogens with zero attached hydrogens (tertiary/aromatic N) is 1. The molecule has 0 spiro atoms. The summed E-state index contributed by atoms with van der Waals surface area (Å²) in [5, 5.41) is 14.9. The van der Waals surface area contributed by atoms with Gasteiger partial charge in [-0.1, -0.05) is 126 Å². The molecule has 5 heteroatoms. The molecule has 0 saturated heterocycles. The first-order valence-corrected chi connectivity index (χ1v) is 21.8. The maximum Gasteiger partial charge on any atom is 0.162 e. The van der Waals surface area contributed by atoms with Gasteiger partial charge in [0.1, 0.15) is 0 Å². The van der Waals surface area contributed by atoms with Gasteiger partial charge in [-0.3, -0.25) is 9.78 Å². The van der Waals surface area contributed by atoms with E-state index in [0.29, 0.717) is 0 Å². The van der Waals surface area contributed by atoms with E-state index in [-0.39, 0.29) is 65.1 Å². The fourth-order valence-electron chi connectivity index (χ4n) is 8.85. The Bertz CT molecular complexity index is 2200. The Morgan fingerprint density at radius 3 is 1.98 bits per heavy atom. The fourth-order valence-corrected chi connectivity index (χ4v) is 10.4. The van der Waals surface area contributed by atoms with Crippen LogP contribution in [0.4, 0.5) is 0 Å². The van der Waals surface area contributed by atoms with Crippen LogP contribution >= 0.6 is 11.3 Å². The van der Waals surface area contributed by atoms with Crippen molar-refractivity contribution in [1.29, 1.82) is 0 Å². The Labute approximate surface area is 356 Å². The number of carbonyl (C=O) groups is 1. The van der Waals surface area contributed by atoms with Crippen molar-refractivity contribution in [2.45, 2.75) is 158 Å². The summed E-state index contributed by atoms with van der Waals surface area (Å²) >= 11 is 1.96. The molecule has 1 aliphatic carbocycles. The molecule has 0 saturated carbocycles. The number of benzene rings is 3. The standard InChI is InChI=1S/C38H44NS.C13H24O2.Ir/c1-35(2,3)22-25-20-28-27-15-18-39-32(24-19-23-13-11-12-14-26(23)29(21-24)36(4,5)6)34(27)40-33(28)31-30(25)37(7,8)16-17-38(31,9)10;1-5-10(6-2)12(14)9-13(15)11(7-3)8-4;/h11-15,18,20-21H,16-17,22H2,1-10H3;9-11,14H,5-8H2,1-4H3;/q-1;;/b;12-9-;. The third-order valence-corrected chi connectivity index (χ3v) is 13.4. The number of aliphatic hydroxyl groups excluding tert-OH is 1. The number of aromatic nitrogens is 1. The Kier molecular flexibility index (Phi) is 14.4. The number of ketones is 1. The van der Waals surface area contributed by atoms with Crippen LogP contribution in [0.1, 0.15) is 158 Å². The fraction of sp³-hybridized carbons (Fsp3) is 0.529. The minimum Gasteiger partial charge on any atom is -0.512 e. The molecule has 0 unspecified atom stereocenters. The average Bonchev–Trinajstić information content (AvgIpc) is 3.48. The van der Waals surface area contributed by atoms with Crippen molar-refractivity contribution in [3.05, 3.63) is 88.8 Å². The van der Waals surface area contributed by atoms with E-state index in [2.05, 4.69) is 118 Å². The van der Waals surface area contributed by atoms with Crippen molar-refractivity contribution >= 4 is 48.1 Å². The van der Waals surface area contributed by atoms with E-state index in [1.807, 2.05) is 45.2 Å². The molecule has 0 aliphatic heterocycles. The maximum atomic E-state index is 11.7. The molecule has 0 bridgehead atoms. The smallest absolute Gasteiger partial charge is 0.162 e. The zero-order valence-corrected chi connectivity index (χ0v) is 40.1. The summed E-state index contributed by atoms with van der Waals surface area (Å²) in [6.07, 6.45) is 10.5. The van der Waals surface area contributed by atoms with Gasteiger partial charge >= 0.3 is 0 Å². The molecule has 2 aromatic heterocycles. The minimum atomic E-state index is 0. The van der Waals surface area contributed by atoms with E-state index in [1.54, 1.807) is 11.1 Å². The number of pyridine rings is 1. The number of thiophene rings is 1. The number of allylic oxidation sites excluding steroid dienone is 2. The first kappa shape index (κ1) is 45.8. The van der Waals surface area contributed by atoms with Crippen LogP contribution in [0.25, 0.3) is 42.2 Å². The first-order chi connectivity index (χ1) is 25.7. The van der Waals surface area contributed by atoms with E-state index in [9.17, 15) is 9.90 Å². The van der Waals surface area contributed by atoms with Crippen molar-refractivity contribution in [2.75, 3.05) is 0 Å². The Morgan fingerprint density at radius 1 is 0.821 bits per heavy atom. The quantitative estimate of drug-likeness (QED) is 0.0910. The monoisotopic (exact) mass is 951 g/mol. The first-order valence-electron chi connectivity index (χ1n) is 21.0. The molecule has 1 radical (unpaired) electrons. The van der Waals surface area contributed by atoms with Crippen LogP contribution in [0.2, 0.25) is 0 Å². The van der Waals surface area contributed by atoms with Gasteiger partial charge in [0.25, 0.3) is 0 Å². The van der Waals surface area contributed by atoms with Gasteiger partial charge in [-0.05, 0) is 101 Å². The largest absolute Gasteiger partial charge is 0.512 e. The summed E-state index contributed by atoms with van der Waals surface area (Å²) in [4.78, 5) is 16.8. The molecule has 1 N–H and O–H groups in total. The average molecular weight is 951 g/mol. The van der Waals surface area contributed by atoms with Gasteiger partial charge in [0, 0.05) is 64.7 Å². The van der Waals surface area contributed by atoms with E-state index in [0.717, 1.165) is 48.7 Å². The Hall–Kier alpha value is -2.85. The van der Waals surface area contributed by atoms with Gasteiger partial charge < -0.3 is 5.11 Å². The van der Waals surface area contributed by atoms with Crippen LogP contribution in [0.15, 0.2) is 60.5 Å². The molecule has 3 nitrogen and oxygen atoms in total. The van der Waals surface area contributed by atoms with Gasteiger partial charge in [0.05, 0.1) is 5.76 Å². The van der Waals surface area contributed by atoms with Crippen molar-refractivity contribution in [3.63, 3.8) is 0 Å². The Morgan fingerprint density at radius 2 is 1.41 bits per heavy atom. The summed E-state index contributed by atoms with van der Waals surface area (Å²) in [5.41, 5.74) is 8.81. The summed E-state index contributed by atoms with van der Waals surface area (Å²) in [6.45, 7) is 32.0. The van der Waals surface area contributed by atoms with E-state index in [1.165, 1.54) is 55.6 Å². The molecule has 3 aromatic carbocycles. The number of carbonyl (C=O) groups excluding carboxylic acids is 1. The van der Waals surface area contributed by atoms with E-state index >= 15 is 0 Å². The third kappa shape index (κ3) is 9.54. The minimum absolute atomic E-state index is 0. The zero-order valence-electron chi connectivity index (χ0n) is 36.8. The number of hydrogen-bond donors (Lipinski definition) is 1. The number of aliphatic hydroxyl groups is 1. The third-order valence-electron chi connectivity index (χ3n) is 12.1. The summed E-state index contributed by atoms with van der Waals surface area (Å²) in [6, 6.07) is 19.6. The Balaban J connectivity index is 0.000000372. The molecule has 2 heterocycles. The van der Waals surface area contributed by atoms with Crippen molar-refractivity contribution in [2.24, 2.45) is 17.3 Å². The van der Waals surface area contributed by atoms with E-state index in [4.69, 9.17) is 4.98 Å². The van der Waals surface area contributed by atoms with Crippen LogP contribution in [0.3, 0.4) is 0 Å². The maximum absolute atomic E-state index is 11.7. The number of rotatable bonds is 9. The van der Waals surface area contributed by atoms with Crippen molar-refractivity contribution in [3.8, 4) is 11.3 Å². The molecule has 305 valence electrons. The second-order valence-electron chi connectivity index (χ2n) is 19.7. The van der Waals surface area contributed by atoms with Gasteiger partial charge in [-0.15, -0.1) is 40.5 Å². The van der Waals surface area contributed by atoms with Gasteiger partial charge in [-0.25, -0.2) is 0 Å². The van der Waals surface area contributed by atoms with Gasteiger partial charge in [-0.2, -0.15) is 0 Å². The summed E-state index contributed by atoms with van der Waals surface area (Å²) < 4.78 is 2.75. The molecule has 6 rings (SSSR count).